The van der Waals surface area contributed by atoms with Gasteiger partial charge in [0.15, 0.2) is 0 Å². The number of carbonyl (C=O) groups is 1. The van der Waals surface area contributed by atoms with E-state index in [9.17, 15) is 9.90 Å². The molecule has 0 amide bonds. The first-order chi connectivity index (χ1) is 14.0. The summed E-state index contributed by atoms with van der Waals surface area (Å²) < 4.78 is 6.11. The van der Waals surface area contributed by atoms with Crippen molar-refractivity contribution in [2.45, 2.75) is 43.6 Å². The molecule has 2 aromatic rings. The Morgan fingerprint density at radius 1 is 1.14 bits per heavy atom. The van der Waals surface area contributed by atoms with Crippen LogP contribution >= 0.6 is 23.2 Å². The zero-order valence-electron chi connectivity index (χ0n) is 16.1. The number of carboxylic acid groups (broad SMARTS) is 1. The molecule has 1 saturated carbocycles. The summed E-state index contributed by atoms with van der Waals surface area (Å²) in [4.78, 5) is 10.6. The topological polar surface area (TPSA) is 66.8 Å². The Morgan fingerprint density at radius 3 is 2.66 bits per heavy atom. The van der Waals surface area contributed by atoms with Crippen molar-refractivity contribution >= 4 is 39.9 Å². The highest BCUT2D eigenvalue weighted by Gasteiger charge is 2.41. The first-order valence-electron chi connectivity index (χ1n) is 9.96. The Kier molecular flexibility index (Phi) is 7.82. The molecule has 1 aliphatic rings. The largest absolute Gasteiger partial charge is 0.493 e. The number of halogens is 2. The molecule has 0 saturated heterocycles. The van der Waals surface area contributed by atoms with Gasteiger partial charge < -0.3 is 14.9 Å². The van der Waals surface area contributed by atoms with Crippen LogP contribution in [-0.2, 0) is 4.79 Å². The Hall–Kier alpha value is -1.75. The predicted molar refractivity (Wildman–Crippen MR) is 117 cm³/mol. The van der Waals surface area contributed by atoms with Gasteiger partial charge in [-0.05, 0) is 43.7 Å². The highest BCUT2D eigenvalue weighted by Crippen LogP contribution is 2.40. The average molecular weight is 437 g/mol. The number of unbranched alkanes of at least 4 members (excludes halogenated alkanes) is 1. The molecule has 4 atom stereocenters. The van der Waals surface area contributed by atoms with Gasteiger partial charge in [0, 0.05) is 33.5 Å². The number of aliphatic carboxylic acids is 1. The van der Waals surface area contributed by atoms with E-state index in [0.29, 0.717) is 24.5 Å². The van der Waals surface area contributed by atoms with Gasteiger partial charge in [0.05, 0.1) is 12.7 Å². The van der Waals surface area contributed by atoms with Gasteiger partial charge in [-0.3, -0.25) is 4.79 Å². The van der Waals surface area contributed by atoms with E-state index >= 15 is 0 Å². The van der Waals surface area contributed by atoms with Crippen molar-refractivity contribution in [1.29, 1.82) is 0 Å². The summed E-state index contributed by atoms with van der Waals surface area (Å²) in [5.74, 6) is 0.0276. The molecule has 0 aliphatic heterocycles. The molecule has 0 aromatic heterocycles. The minimum absolute atomic E-state index is 0.0596. The van der Waals surface area contributed by atoms with Crippen LogP contribution in [0.15, 0.2) is 48.6 Å². The molecule has 0 spiro atoms. The van der Waals surface area contributed by atoms with Gasteiger partial charge in [0.2, 0.25) is 0 Å². The first-order valence-corrected chi connectivity index (χ1v) is 10.8. The van der Waals surface area contributed by atoms with Crippen molar-refractivity contribution in [3.63, 3.8) is 0 Å². The Morgan fingerprint density at radius 2 is 1.90 bits per heavy atom. The van der Waals surface area contributed by atoms with Crippen LogP contribution in [0.2, 0.25) is 5.02 Å². The van der Waals surface area contributed by atoms with Crippen LogP contribution in [0.1, 0.15) is 32.1 Å². The van der Waals surface area contributed by atoms with Gasteiger partial charge in [-0.15, -0.1) is 11.6 Å². The number of hydrogen-bond donors (Lipinski definition) is 2. The lowest BCUT2D eigenvalue weighted by Gasteiger charge is -2.23. The zero-order chi connectivity index (χ0) is 20.8. The van der Waals surface area contributed by atoms with E-state index in [1.54, 1.807) is 0 Å². The number of benzene rings is 2. The molecule has 2 N–H and O–H groups in total. The highest BCUT2D eigenvalue weighted by molar-refractivity contribution is 6.35. The van der Waals surface area contributed by atoms with Crippen LogP contribution in [-0.4, -0.2) is 34.3 Å². The Labute approximate surface area is 181 Å². The molecule has 0 bridgehead atoms. The third kappa shape index (κ3) is 5.65. The van der Waals surface area contributed by atoms with Crippen molar-refractivity contribution in [3.05, 3.63) is 53.6 Å². The molecule has 3 rings (SSSR count). The monoisotopic (exact) mass is 436 g/mol. The molecule has 4 nitrogen and oxygen atoms in total. The summed E-state index contributed by atoms with van der Waals surface area (Å²) in [7, 11) is 0. The fraction of sp³-hybridized carbons (Fsp3) is 0.435. The van der Waals surface area contributed by atoms with E-state index in [1.807, 2.05) is 48.6 Å². The van der Waals surface area contributed by atoms with Gasteiger partial charge in [-0.25, -0.2) is 0 Å². The van der Waals surface area contributed by atoms with Crippen LogP contribution in [0, 0.1) is 11.8 Å². The van der Waals surface area contributed by atoms with Crippen LogP contribution in [0.4, 0.5) is 0 Å². The average Bonchev–Trinajstić information content (AvgIpc) is 2.96. The Bertz CT molecular complexity index is 867. The molecule has 1 aliphatic carbocycles. The van der Waals surface area contributed by atoms with Crippen LogP contribution in [0.5, 0.6) is 5.75 Å². The fourth-order valence-electron chi connectivity index (χ4n) is 3.98. The van der Waals surface area contributed by atoms with E-state index < -0.39 is 12.1 Å². The highest BCUT2D eigenvalue weighted by atomic mass is 35.5. The van der Waals surface area contributed by atoms with E-state index in [1.165, 1.54) is 0 Å². The lowest BCUT2D eigenvalue weighted by Crippen LogP contribution is -2.27. The van der Waals surface area contributed by atoms with Gasteiger partial charge in [-0.2, -0.15) is 0 Å². The van der Waals surface area contributed by atoms with E-state index in [2.05, 4.69) is 0 Å². The fourth-order valence-corrected chi connectivity index (χ4v) is 4.68. The van der Waals surface area contributed by atoms with E-state index in [4.69, 9.17) is 33.0 Å². The second kappa shape index (κ2) is 10.3. The second-order valence-corrected chi connectivity index (χ2v) is 8.51. The predicted octanol–water partition coefficient (Wildman–Crippen LogP) is 5.68. The number of allylic oxidation sites excluding steroid dienone is 2. The smallest absolute Gasteiger partial charge is 0.303 e. The molecule has 29 heavy (non-hydrogen) atoms. The van der Waals surface area contributed by atoms with Gasteiger partial charge in [0.25, 0.3) is 0 Å². The summed E-state index contributed by atoms with van der Waals surface area (Å²) >= 11 is 12.8. The van der Waals surface area contributed by atoms with Crippen molar-refractivity contribution in [1.82, 2.24) is 0 Å². The maximum atomic E-state index is 10.6. The Balaban J connectivity index is 1.62. The number of aliphatic hydroxyl groups excluding tert-OH is 1. The minimum atomic E-state index is -0.773. The zero-order valence-corrected chi connectivity index (χ0v) is 17.6. The molecular weight excluding hydrogens is 411 g/mol. The summed E-state index contributed by atoms with van der Waals surface area (Å²) in [6.07, 6.45) is 6.37. The summed E-state index contributed by atoms with van der Waals surface area (Å²) in [6.45, 7) is 0.382. The molecule has 0 heterocycles. The van der Waals surface area contributed by atoms with Gasteiger partial charge >= 0.3 is 5.97 Å². The molecule has 156 valence electrons. The maximum Gasteiger partial charge on any atom is 0.303 e. The molecule has 2 aromatic carbocycles. The number of ether oxygens (including phenoxy) is 1. The van der Waals surface area contributed by atoms with Crippen molar-refractivity contribution < 1.29 is 19.7 Å². The van der Waals surface area contributed by atoms with Gasteiger partial charge in [0.1, 0.15) is 5.75 Å². The van der Waals surface area contributed by atoms with Crippen LogP contribution in [0.3, 0.4) is 0 Å². The molecule has 0 radical (unpaired) electrons. The first kappa shape index (κ1) is 21.9. The number of hydrogen-bond acceptors (Lipinski definition) is 3. The summed E-state index contributed by atoms with van der Waals surface area (Å²) in [5.41, 5.74) is 0. The van der Waals surface area contributed by atoms with Crippen LogP contribution in [0.25, 0.3) is 10.8 Å². The lowest BCUT2D eigenvalue weighted by molar-refractivity contribution is -0.137. The van der Waals surface area contributed by atoms with Gasteiger partial charge in [-0.1, -0.05) is 48.0 Å². The SMILES string of the molecule is O=C(O)CCCC=CC[C@@H]1[C@@H](COc2ccc(Cl)c3ccccc23)[C@H](O)C[C@H]1Cl. The van der Waals surface area contributed by atoms with E-state index in [0.717, 1.165) is 29.4 Å². The molecule has 6 heteroatoms. The number of aliphatic hydroxyl groups is 1. The number of alkyl halides is 1. The maximum absolute atomic E-state index is 10.6. The van der Waals surface area contributed by atoms with E-state index in [-0.39, 0.29) is 23.6 Å². The number of carboxylic acids is 1. The third-order valence-corrected chi connectivity index (χ3v) is 6.41. The van der Waals surface area contributed by atoms with Crippen molar-refractivity contribution in [2.24, 2.45) is 11.8 Å². The van der Waals surface area contributed by atoms with Crippen LogP contribution < -0.4 is 4.74 Å². The minimum Gasteiger partial charge on any atom is -0.493 e. The third-order valence-electron chi connectivity index (χ3n) is 5.57. The standard InChI is InChI=1S/C23H26Cl2O4/c24-19-11-12-22(17-9-6-5-8-15(17)19)29-14-18-16(20(25)13-21(18)26)7-3-1-2-4-10-23(27)28/h1,3,5-6,8-9,11-12,16,18,20-21,26H,2,4,7,10,13-14H2,(H,27,28)/t16-,18-,20-,21-/m1/s1. The quantitative estimate of drug-likeness (QED) is 0.301. The second-order valence-electron chi connectivity index (χ2n) is 7.54. The number of rotatable bonds is 9. The summed E-state index contributed by atoms with van der Waals surface area (Å²) in [6, 6.07) is 11.5. The molecular formula is C23H26Cl2O4. The van der Waals surface area contributed by atoms with Crippen molar-refractivity contribution in [3.8, 4) is 5.75 Å². The lowest BCUT2D eigenvalue weighted by atomic mass is 9.92. The van der Waals surface area contributed by atoms with Crippen molar-refractivity contribution in [2.75, 3.05) is 6.61 Å². The normalized spacial score (nSPS) is 24.4. The molecule has 1 fully saturated rings. The number of fused-ring (bicyclic) bond motifs is 1. The molecule has 0 unspecified atom stereocenters. The summed E-state index contributed by atoms with van der Waals surface area (Å²) in [5, 5.41) is 21.6.